The Bertz CT molecular complexity index is 453. The fourth-order valence-corrected chi connectivity index (χ4v) is 2.45. The zero-order valence-electron chi connectivity index (χ0n) is 10.7. The molecule has 2 N–H and O–H groups in total. The fourth-order valence-electron chi connectivity index (χ4n) is 2.45. The molecular weight excluding hydrogens is 226 g/mol. The summed E-state index contributed by atoms with van der Waals surface area (Å²) >= 11 is 0. The smallest absolute Gasteiger partial charge is 0.123 e. The second kappa shape index (κ2) is 5.85. The van der Waals surface area contributed by atoms with Gasteiger partial charge in [0.25, 0.3) is 0 Å². The topological polar surface area (TPSA) is 62.3 Å². The lowest BCUT2D eigenvalue weighted by Crippen LogP contribution is -2.42. The van der Waals surface area contributed by atoms with E-state index in [2.05, 4.69) is 11.0 Å². The molecule has 1 saturated heterocycles. The third-order valence-electron chi connectivity index (χ3n) is 3.35. The zero-order chi connectivity index (χ0) is 13.0. The molecule has 0 unspecified atom stereocenters. The van der Waals surface area contributed by atoms with Crippen molar-refractivity contribution in [3.63, 3.8) is 0 Å². The summed E-state index contributed by atoms with van der Waals surface area (Å²) in [5.74, 6) is 0.841. The van der Waals surface area contributed by atoms with Crippen LogP contribution in [0, 0.1) is 11.3 Å². The number of ether oxygens (including phenoxy) is 1. The second-order valence-corrected chi connectivity index (χ2v) is 4.78. The number of piperidine rings is 1. The normalized spacial score (nSPS) is 20.4. The lowest BCUT2D eigenvalue weighted by Gasteiger charge is -2.31. The van der Waals surface area contributed by atoms with Gasteiger partial charge in [-0.2, -0.15) is 5.26 Å². The molecule has 18 heavy (non-hydrogen) atoms. The minimum Gasteiger partial charge on any atom is -0.496 e. The molecule has 1 aromatic carbocycles. The van der Waals surface area contributed by atoms with Gasteiger partial charge in [0.2, 0.25) is 0 Å². The molecule has 0 aromatic heterocycles. The van der Waals surface area contributed by atoms with Crippen LogP contribution in [0.4, 0.5) is 0 Å². The van der Waals surface area contributed by atoms with Crippen LogP contribution >= 0.6 is 0 Å². The standard InChI is InChI=1S/C14H19N3O/c1-18-14-5-4-11(8-15)7-12(14)9-17-6-2-3-13(16)10-17/h4-5,7,13H,2-3,6,9-10,16H2,1H3/t13-/m1/s1. The summed E-state index contributed by atoms with van der Waals surface area (Å²) in [4.78, 5) is 2.33. The number of nitrogens with two attached hydrogens (primary N) is 1. The molecule has 0 saturated carbocycles. The highest BCUT2D eigenvalue weighted by Gasteiger charge is 2.18. The van der Waals surface area contributed by atoms with E-state index in [0.29, 0.717) is 5.56 Å². The van der Waals surface area contributed by atoms with Gasteiger partial charge in [-0.05, 0) is 37.6 Å². The number of nitriles is 1. The first-order valence-electron chi connectivity index (χ1n) is 6.28. The van der Waals surface area contributed by atoms with Gasteiger partial charge in [-0.25, -0.2) is 0 Å². The van der Waals surface area contributed by atoms with Crippen LogP contribution in [0.2, 0.25) is 0 Å². The van der Waals surface area contributed by atoms with Crippen LogP contribution in [0.25, 0.3) is 0 Å². The Labute approximate surface area is 108 Å². The van der Waals surface area contributed by atoms with Gasteiger partial charge in [0.05, 0.1) is 18.7 Å². The first-order chi connectivity index (χ1) is 8.72. The first-order valence-corrected chi connectivity index (χ1v) is 6.28. The lowest BCUT2D eigenvalue weighted by atomic mass is 10.0. The van der Waals surface area contributed by atoms with Crippen molar-refractivity contribution in [2.45, 2.75) is 25.4 Å². The fraction of sp³-hybridized carbons (Fsp3) is 0.500. The number of nitrogens with zero attached hydrogens (tertiary/aromatic N) is 2. The van der Waals surface area contributed by atoms with E-state index in [9.17, 15) is 0 Å². The van der Waals surface area contributed by atoms with Gasteiger partial charge in [0, 0.05) is 24.7 Å². The van der Waals surface area contributed by atoms with Crippen LogP contribution in [-0.2, 0) is 6.54 Å². The quantitative estimate of drug-likeness (QED) is 0.876. The largest absolute Gasteiger partial charge is 0.496 e. The van der Waals surface area contributed by atoms with Gasteiger partial charge in [0.15, 0.2) is 0 Å². The molecule has 0 amide bonds. The average molecular weight is 245 g/mol. The number of benzene rings is 1. The Balaban J connectivity index is 2.14. The van der Waals surface area contributed by atoms with Crippen molar-refractivity contribution >= 4 is 0 Å². The lowest BCUT2D eigenvalue weighted by molar-refractivity contribution is 0.199. The van der Waals surface area contributed by atoms with E-state index < -0.39 is 0 Å². The van der Waals surface area contributed by atoms with E-state index in [4.69, 9.17) is 15.7 Å². The monoisotopic (exact) mass is 245 g/mol. The molecule has 0 spiro atoms. The molecule has 0 radical (unpaired) electrons. The Morgan fingerprint density at radius 1 is 1.56 bits per heavy atom. The van der Waals surface area contributed by atoms with Crippen molar-refractivity contribution in [1.29, 1.82) is 5.26 Å². The number of methoxy groups -OCH3 is 1. The van der Waals surface area contributed by atoms with E-state index in [1.54, 1.807) is 13.2 Å². The maximum Gasteiger partial charge on any atom is 0.123 e. The SMILES string of the molecule is COc1ccc(C#N)cc1CN1CCC[C@@H](N)C1. The van der Waals surface area contributed by atoms with Gasteiger partial charge in [-0.3, -0.25) is 4.90 Å². The summed E-state index contributed by atoms with van der Waals surface area (Å²) in [6, 6.07) is 7.98. The third kappa shape index (κ3) is 3.00. The predicted octanol–water partition coefficient (Wildman–Crippen LogP) is 1.49. The van der Waals surface area contributed by atoms with Gasteiger partial charge in [-0.1, -0.05) is 0 Å². The summed E-state index contributed by atoms with van der Waals surface area (Å²) in [5, 5.41) is 8.95. The molecule has 1 aliphatic rings. The Hall–Kier alpha value is -1.57. The van der Waals surface area contributed by atoms with E-state index in [1.807, 2.05) is 12.1 Å². The molecule has 96 valence electrons. The summed E-state index contributed by atoms with van der Waals surface area (Å²) in [6.45, 7) is 2.78. The van der Waals surface area contributed by atoms with E-state index >= 15 is 0 Å². The van der Waals surface area contributed by atoms with E-state index in [1.165, 1.54) is 0 Å². The highest BCUT2D eigenvalue weighted by molar-refractivity contribution is 5.42. The maximum absolute atomic E-state index is 8.95. The van der Waals surface area contributed by atoms with Crippen LogP contribution in [0.3, 0.4) is 0 Å². The molecule has 0 bridgehead atoms. The van der Waals surface area contributed by atoms with Crippen LogP contribution in [0.15, 0.2) is 18.2 Å². The highest BCUT2D eigenvalue weighted by Crippen LogP contribution is 2.22. The molecule has 4 heteroatoms. The number of rotatable bonds is 3. The summed E-state index contributed by atoms with van der Waals surface area (Å²) in [7, 11) is 1.66. The minimum atomic E-state index is 0.267. The average Bonchev–Trinajstić information content (AvgIpc) is 2.38. The van der Waals surface area contributed by atoms with Gasteiger partial charge >= 0.3 is 0 Å². The minimum absolute atomic E-state index is 0.267. The maximum atomic E-state index is 8.95. The number of hydrogen-bond donors (Lipinski definition) is 1. The van der Waals surface area contributed by atoms with Crippen molar-refractivity contribution in [1.82, 2.24) is 4.90 Å². The Morgan fingerprint density at radius 2 is 2.39 bits per heavy atom. The van der Waals surface area contributed by atoms with E-state index in [-0.39, 0.29) is 6.04 Å². The Morgan fingerprint density at radius 3 is 3.06 bits per heavy atom. The van der Waals surface area contributed by atoms with Crippen LogP contribution in [0.5, 0.6) is 5.75 Å². The molecule has 1 atom stereocenters. The highest BCUT2D eigenvalue weighted by atomic mass is 16.5. The first kappa shape index (κ1) is 12.9. The van der Waals surface area contributed by atoms with Crippen LogP contribution < -0.4 is 10.5 Å². The van der Waals surface area contributed by atoms with Gasteiger partial charge in [-0.15, -0.1) is 0 Å². The van der Waals surface area contributed by atoms with Crippen molar-refractivity contribution in [2.75, 3.05) is 20.2 Å². The number of hydrogen-bond acceptors (Lipinski definition) is 4. The van der Waals surface area contributed by atoms with Crippen molar-refractivity contribution in [3.05, 3.63) is 29.3 Å². The molecule has 1 aliphatic heterocycles. The van der Waals surface area contributed by atoms with Crippen molar-refractivity contribution < 1.29 is 4.74 Å². The van der Waals surface area contributed by atoms with Gasteiger partial charge < -0.3 is 10.5 Å². The Kier molecular flexibility index (Phi) is 4.19. The molecule has 1 aromatic rings. The van der Waals surface area contributed by atoms with Crippen LogP contribution in [-0.4, -0.2) is 31.1 Å². The second-order valence-electron chi connectivity index (χ2n) is 4.78. The molecule has 1 heterocycles. The van der Waals surface area contributed by atoms with Crippen molar-refractivity contribution in [3.8, 4) is 11.8 Å². The summed E-state index contributed by atoms with van der Waals surface area (Å²) in [5.41, 5.74) is 7.71. The third-order valence-corrected chi connectivity index (χ3v) is 3.35. The number of likely N-dealkylation sites (tertiary alicyclic amines) is 1. The van der Waals surface area contributed by atoms with Gasteiger partial charge in [0.1, 0.15) is 5.75 Å². The van der Waals surface area contributed by atoms with E-state index in [0.717, 1.165) is 43.8 Å². The summed E-state index contributed by atoms with van der Waals surface area (Å²) in [6.07, 6.45) is 2.24. The molecule has 2 rings (SSSR count). The molecular formula is C14H19N3O. The summed E-state index contributed by atoms with van der Waals surface area (Å²) < 4.78 is 5.35. The molecule has 1 fully saturated rings. The molecule has 0 aliphatic carbocycles. The predicted molar refractivity (Wildman–Crippen MR) is 70.2 cm³/mol. The van der Waals surface area contributed by atoms with Crippen molar-refractivity contribution in [2.24, 2.45) is 5.73 Å². The molecule has 4 nitrogen and oxygen atoms in total. The van der Waals surface area contributed by atoms with Crippen LogP contribution in [0.1, 0.15) is 24.0 Å². The zero-order valence-corrected chi connectivity index (χ0v) is 10.7.